The monoisotopic (exact) mass is 502 g/mol. The molecule has 5 aromatic rings. The highest BCUT2D eigenvalue weighted by Gasteiger charge is 2.26. The SMILES string of the molecule is O=C(c1c(-c2ccccc2)nnc2ccccc12)N1CCCN(Cc2nccn2Cc2ccccc2)CC1. The van der Waals surface area contributed by atoms with E-state index in [1.807, 2.05) is 78.0 Å². The maximum atomic E-state index is 14.1. The van der Waals surface area contributed by atoms with Gasteiger partial charge in [0.15, 0.2) is 0 Å². The summed E-state index contributed by atoms with van der Waals surface area (Å²) in [5.41, 5.74) is 4.16. The molecule has 1 saturated heterocycles. The number of carbonyl (C=O) groups is 1. The Morgan fingerprint density at radius 3 is 2.37 bits per heavy atom. The molecule has 1 amide bonds. The molecule has 0 unspecified atom stereocenters. The van der Waals surface area contributed by atoms with E-state index in [2.05, 4.69) is 48.9 Å². The molecule has 6 rings (SSSR count). The van der Waals surface area contributed by atoms with Crippen LogP contribution in [0.4, 0.5) is 0 Å². The standard InChI is InChI=1S/C31H30N6O/c38-31(29-26-14-7-8-15-27(26)33-34-30(29)25-12-5-2-6-13-25)36-18-9-17-35(20-21-36)23-28-32-16-19-37(28)22-24-10-3-1-4-11-24/h1-8,10-16,19H,9,17-18,20-23H2. The van der Waals surface area contributed by atoms with Crippen molar-refractivity contribution in [3.8, 4) is 11.3 Å². The largest absolute Gasteiger partial charge is 0.337 e. The van der Waals surface area contributed by atoms with Gasteiger partial charge in [-0.3, -0.25) is 9.69 Å². The Morgan fingerprint density at radius 1 is 0.763 bits per heavy atom. The van der Waals surface area contributed by atoms with E-state index in [4.69, 9.17) is 0 Å². The van der Waals surface area contributed by atoms with Crippen LogP contribution in [-0.2, 0) is 13.1 Å². The molecule has 7 heteroatoms. The van der Waals surface area contributed by atoms with Gasteiger partial charge in [0.05, 0.1) is 17.6 Å². The second-order valence-electron chi connectivity index (χ2n) is 9.69. The van der Waals surface area contributed by atoms with Gasteiger partial charge < -0.3 is 9.47 Å². The van der Waals surface area contributed by atoms with Crippen LogP contribution in [0.5, 0.6) is 0 Å². The zero-order valence-corrected chi connectivity index (χ0v) is 21.3. The van der Waals surface area contributed by atoms with E-state index >= 15 is 0 Å². The predicted molar refractivity (Wildman–Crippen MR) is 149 cm³/mol. The quantitative estimate of drug-likeness (QED) is 0.331. The van der Waals surface area contributed by atoms with Crippen LogP contribution >= 0.6 is 0 Å². The fraction of sp³-hybridized carbons (Fsp3) is 0.226. The minimum absolute atomic E-state index is 0.0161. The number of amides is 1. The van der Waals surface area contributed by atoms with E-state index in [0.29, 0.717) is 24.3 Å². The van der Waals surface area contributed by atoms with Gasteiger partial charge in [-0.2, -0.15) is 0 Å². The van der Waals surface area contributed by atoms with Crippen molar-refractivity contribution < 1.29 is 4.79 Å². The van der Waals surface area contributed by atoms with Crippen LogP contribution < -0.4 is 0 Å². The third-order valence-corrected chi connectivity index (χ3v) is 7.17. The van der Waals surface area contributed by atoms with Crippen molar-refractivity contribution in [2.45, 2.75) is 19.5 Å². The van der Waals surface area contributed by atoms with Crippen LogP contribution in [0.25, 0.3) is 22.2 Å². The molecule has 0 atom stereocenters. The first-order valence-electron chi connectivity index (χ1n) is 13.1. The van der Waals surface area contributed by atoms with Crippen molar-refractivity contribution in [1.82, 2.24) is 29.5 Å². The Kier molecular flexibility index (Phi) is 6.91. The Hall–Kier alpha value is -4.36. The molecule has 3 aromatic carbocycles. The number of nitrogens with zero attached hydrogens (tertiary/aromatic N) is 6. The van der Waals surface area contributed by atoms with E-state index in [-0.39, 0.29) is 5.91 Å². The summed E-state index contributed by atoms with van der Waals surface area (Å²) in [5.74, 6) is 1.06. The Balaban J connectivity index is 1.21. The summed E-state index contributed by atoms with van der Waals surface area (Å²) in [6.07, 6.45) is 4.82. The van der Waals surface area contributed by atoms with Crippen molar-refractivity contribution in [2.75, 3.05) is 26.2 Å². The van der Waals surface area contributed by atoms with Crippen LogP contribution in [-0.4, -0.2) is 61.6 Å². The van der Waals surface area contributed by atoms with E-state index in [0.717, 1.165) is 54.9 Å². The molecule has 3 heterocycles. The molecular formula is C31H30N6O. The summed E-state index contributed by atoms with van der Waals surface area (Å²) in [6.45, 7) is 4.64. The van der Waals surface area contributed by atoms with E-state index < -0.39 is 0 Å². The van der Waals surface area contributed by atoms with E-state index in [9.17, 15) is 4.79 Å². The summed E-state index contributed by atoms with van der Waals surface area (Å²) >= 11 is 0. The number of rotatable bonds is 6. The van der Waals surface area contributed by atoms with Crippen molar-refractivity contribution in [3.63, 3.8) is 0 Å². The third kappa shape index (κ3) is 5.06. The lowest BCUT2D eigenvalue weighted by Crippen LogP contribution is -2.36. The highest BCUT2D eigenvalue weighted by Crippen LogP contribution is 2.28. The maximum Gasteiger partial charge on any atom is 0.256 e. The van der Waals surface area contributed by atoms with Gasteiger partial charge in [-0.15, -0.1) is 10.2 Å². The molecule has 1 fully saturated rings. The number of hydrogen-bond donors (Lipinski definition) is 0. The Labute approximate surface area is 222 Å². The minimum Gasteiger partial charge on any atom is -0.337 e. The first-order valence-corrected chi connectivity index (χ1v) is 13.1. The second-order valence-corrected chi connectivity index (χ2v) is 9.69. The molecule has 0 N–H and O–H groups in total. The molecule has 0 bridgehead atoms. The molecule has 190 valence electrons. The number of aromatic nitrogens is 4. The van der Waals surface area contributed by atoms with Crippen molar-refractivity contribution >= 4 is 16.8 Å². The van der Waals surface area contributed by atoms with Gasteiger partial charge in [-0.05, 0) is 18.1 Å². The highest BCUT2D eigenvalue weighted by atomic mass is 16.2. The molecule has 0 saturated carbocycles. The third-order valence-electron chi connectivity index (χ3n) is 7.17. The van der Waals surface area contributed by atoms with E-state index in [1.54, 1.807) is 0 Å². The molecular weight excluding hydrogens is 472 g/mol. The average molecular weight is 503 g/mol. The lowest BCUT2D eigenvalue weighted by atomic mass is 10.0. The van der Waals surface area contributed by atoms with E-state index in [1.165, 1.54) is 5.56 Å². The first kappa shape index (κ1) is 24.0. The number of benzene rings is 3. The maximum absolute atomic E-state index is 14.1. The number of fused-ring (bicyclic) bond motifs is 1. The van der Waals surface area contributed by atoms with Gasteiger partial charge in [-0.25, -0.2) is 4.98 Å². The molecule has 7 nitrogen and oxygen atoms in total. The minimum atomic E-state index is 0.0161. The van der Waals surface area contributed by atoms with Crippen molar-refractivity contribution in [3.05, 3.63) is 114 Å². The van der Waals surface area contributed by atoms with Crippen LogP contribution in [0.3, 0.4) is 0 Å². The van der Waals surface area contributed by atoms with Crippen molar-refractivity contribution in [1.29, 1.82) is 0 Å². The second kappa shape index (κ2) is 10.9. The summed E-state index contributed by atoms with van der Waals surface area (Å²) in [5, 5.41) is 9.77. The molecule has 1 aliphatic rings. The first-order chi connectivity index (χ1) is 18.8. The Morgan fingerprint density at radius 2 is 1.53 bits per heavy atom. The van der Waals surface area contributed by atoms with Crippen LogP contribution in [0, 0.1) is 0 Å². The van der Waals surface area contributed by atoms with Crippen molar-refractivity contribution in [2.24, 2.45) is 0 Å². The topological polar surface area (TPSA) is 67.2 Å². The van der Waals surface area contributed by atoms with Gasteiger partial charge in [0.1, 0.15) is 11.5 Å². The molecule has 2 aromatic heterocycles. The summed E-state index contributed by atoms with van der Waals surface area (Å²) in [6, 6.07) is 28.1. The van der Waals surface area contributed by atoms with Crippen LogP contribution in [0.2, 0.25) is 0 Å². The van der Waals surface area contributed by atoms with Gasteiger partial charge >= 0.3 is 0 Å². The lowest BCUT2D eigenvalue weighted by Gasteiger charge is -2.23. The highest BCUT2D eigenvalue weighted by molar-refractivity contribution is 6.10. The molecule has 38 heavy (non-hydrogen) atoms. The Bertz CT molecular complexity index is 1530. The zero-order chi connectivity index (χ0) is 25.7. The van der Waals surface area contributed by atoms with Gasteiger partial charge in [0, 0.05) is 56.1 Å². The summed E-state index contributed by atoms with van der Waals surface area (Å²) < 4.78 is 2.21. The smallest absolute Gasteiger partial charge is 0.256 e. The predicted octanol–water partition coefficient (Wildman–Crippen LogP) is 4.89. The van der Waals surface area contributed by atoms with Gasteiger partial charge in [0.2, 0.25) is 0 Å². The fourth-order valence-corrected chi connectivity index (χ4v) is 5.17. The zero-order valence-electron chi connectivity index (χ0n) is 21.3. The molecule has 0 radical (unpaired) electrons. The molecule has 0 spiro atoms. The number of carbonyl (C=O) groups excluding carboxylic acids is 1. The molecule has 0 aliphatic carbocycles. The summed E-state index contributed by atoms with van der Waals surface area (Å²) in [7, 11) is 0. The lowest BCUT2D eigenvalue weighted by molar-refractivity contribution is 0.0763. The van der Waals surface area contributed by atoms with Gasteiger partial charge in [0.25, 0.3) is 5.91 Å². The summed E-state index contributed by atoms with van der Waals surface area (Å²) in [4.78, 5) is 23.1. The molecule has 1 aliphatic heterocycles. The number of hydrogen-bond acceptors (Lipinski definition) is 5. The normalized spacial score (nSPS) is 14.5. The van der Waals surface area contributed by atoms with Gasteiger partial charge in [-0.1, -0.05) is 78.9 Å². The fourth-order valence-electron chi connectivity index (χ4n) is 5.17. The number of imidazole rings is 1. The van der Waals surface area contributed by atoms with Crippen LogP contribution in [0.1, 0.15) is 28.2 Å². The average Bonchev–Trinajstić information content (AvgIpc) is 3.26. The van der Waals surface area contributed by atoms with Crippen LogP contribution in [0.15, 0.2) is 97.3 Å².